The molecule has 0 saturated heterocycles. The monoisotopic (exact) mass is 369 g/mol. The fourth-order valence-corrected chi connectivity index (χ4v) is 2.46. The number of halogens is 1. The van der Waals surface area contributed by atoms with Gasteiger partial charge in [0, 0.05) is 17.4 Å². The number of amides is 1. The topological polar surface area (TPSA) is 46.6 Å². The van der Waals surface area contributed by atoms with Crippen LogP contribution in [0.25, 0.3) is 0 Å². The second-order valence-electron chi connectivity index (χ2n) is 5.76. The van der Waals surface area contributed by atoms with Crippen LogP contribution >= 0.6 is 15.9 Å². The van der Waals surface area contributed by atoms with Crippen LogP contribution in [0, 0.1) is 0 Å². The Balaban J connectivity index is 3.02. The lowest BCUT2D eigenvalue weighted by atomic mass is 10.0. The number of carbonyl (C=O) groups is 2. The largest absolute Gasteiger partial charge is 0.467 e. The molecule has 0 N–H and O–H groups in total. The molecule has 0 heterocycles. The highest BCUT2D eigenvalue weighted by Crippen LogP contribution is 2.22. The van der Waals surface area contributed by atoms with Gasteiger partial charge < -0.3 is 9.64 Å². The molecule has 1 aromatic rings. The van der Waals surface area contributed by atoms with Gasteiger partial charge in [0.25, 0.3) is 0 Å². The molecular formula is C17H24BrNO3. The molecule has 0 spiro atoms. The van der Waals surface area contributed by atoms with Crippen LogP contribution in [0.1, 0.15) is 45.6 Å². The molecule has 0 radical (unpaired) electrons. The molecule has 1 amide bonds. The predicted molar refractivity (Wildman–Crippen MR) is 90.3 cm³/mol. The van der Waals surface area contributed by atoms with Crippen LogP contribution in [0.4, 0.5) is 0 Å². The maximum Gasteiger partial charge on any atom is 0.331 e. The Morgan fingerprint density at radius 1 is 1.23 bits per heavy atom. The summed E-state index contributed by atoms with van der Waals surface area (Å²) >= 11 is 3.39. The van der Waals surface area contributed by atoms with E-state index >= 15 is 0 Å². The molecule has 0 saturated carbocycles. The van der Waals surface area contributed by atoms with Crippen molar-refractivity contribution < 1.29 is 14.3 Å². The maximum atomic E-state index is 12.5. The van der Waals surface area contributed by atoms with Gasteiger partial charge in [-0.2, -0.15) is 0 Å². The van der Waals surface area contributed by atoms with E-state index in [0.29, 0.717) is 13.0 Å². The number of unbranched alkanes of at least 4 members (excludes halogenated alkanes) is 1. The molecule has 0 unspecified atom stereocenters. The third-order valence-electron chi connectivity index (χ3n) is 3.66. The summed E-state index contributed by atoms with van der Waals surface area (Å²) in [6.45, 7) is 5.87. The van der Waals surface area contributed by atoms with Gasteiger partial charge in [0.2, 0.25) is 5.91 Å². The van der Waals surface area contributed by atoms with Crippen molar-refractivity contribution in [3.63, 3.8) is 0 Å². The van der Waals surface area contributed by atoms with E-state index in [1.54, 1.807) is 18.7 Å². The number of methoxy groups -OCH3 is 1. The number of rotatable bonds is 7. The lowest BCUT2D eigenvalue weighted by Gasteiger charge is -2.36. The van der Waals surface area contributed by atoms with Crippen molar-refractivity contribution in [1.29, 1.82) is 0 Å². The fourth-order valence-electron chi connectivity index (χ4n) is 2.19. The summed E-state index contributed by atoms with van der Waals surface area (Å²) in [6, 6.07) is 7.74. The molecule has 5 heteroatoms. The molecule has 0 atom stereocenters. The van der Waals surface area contributed by atoms with Gasteiger partial charge in [0.1, 0.15) is 5.54 Å². The molecule has 0 aliphatic rings. The first-order valence-corrected chi connectivity index (χ1v) is 8.25. The number of benzene rings is 1. The smallest absolute Gasteiger partial charge is 0.331 e. The minimum absolute atomic E-state index is 0.0276. The van der Waals surface area contributed by atoms with Crippen LogP contribution in [-0.4, -0.2) is 29.4 Å². The summed E-state index contributed by atoms with van der Waals surface area (Å²) < 4.78 is 5.85. The molecule has 0 fully saturated rings. The highest BCUT2D eigenvalue weighted by Gasteiger charge is 2.38. The summed E-state index contributed by atoms with van der Waals surface area (Å²) in [5.41, 5.74) is -0.0165. The van der Waals surface area contributed by atoms with Gasteiger partial charge in [-0.15, -0.1) is 0 Å². The summed E-state index contributed by atoms with van der Waals surface area (Å²) in [5.74, 6) is -0.436. The van der Waals surface area contributed by atoms with E-state index in [-0.39, 0.29) is 5.91 Å². The normalized spacial score (nSPS) is 11.1. The van der Waals surface area contributed by atoms with Crippen LogP contribution in [-0.2, 0) is 20.9 Å². The van der Waals surface area contributed by atoms with Crippen molar-refractivity contribution in [3.05, 3.63) is 34.3 Å². The van der Waals surface area contributed by atoms with E-state index in [0.717, 1.165) is 22.9 Å². The second kappa shape index (κ2) is 8.32. The second-order valence-corrected chi connectivity index (χ2v) is 6.68. The first-order valence-electron chi connectivity index (χ1n) is 7.46. The highest BCUT2D eigenvalue weighted by molar-refractivity contribution is 9.10. The van der Waals surface area contributed by atoms with Crippen molar-refractivity contribution in [1.82, 2.24) is 4.90 Å². The Labute approximate surface area is 141 Å². The zero-order chi connectivity index (χ0) is 16.8. The first-order chi connectivity index (χ1) is 10.3. The minimum atomic E-state index is -0.993. The highest BCUT2D eigenvalue weighted by atomic mass is 79.9. The Morgan fingerprint density at radius 2 is 1.82 bits per heavy atom. The Morgan fingerprint density at radius 3 is 2.32 bits per heavy atom. The van der Waals surface area contributed by atoms with E-state index in [1.165, 1.54) is 7.11 Å². The number of esters is 1. The van der Waals surface area contributed by atoms with Gasteiger partial charge in [-0.1, -0.05) is 41.4 Å². The summed E-state index contributed by atoms with van der Waals surface area (Å²) in [4.78, 5) is 26.2. The molecule has 0 bridgehead atoms. The van der Waals surface area contributed by atoms with Crippen LogP contribution in [0.2, 0.25) is 0 Å². The molecule has 4 nitrogen and oxygen atoms in total. The van der Waals surface area contributed by atoms with Crippen molar-refractivity contribution in [2.24, 2.45) is 0 Å². The zero-order valence-corrected chi connectivity index (χ0v) is 15.3. The Bertz CT molecular complexity index is 511. The number of hydrogen-bond acceptors (Lipinski definition) is 3. The molecule has 1 aromatic carbocycles. The number of nitrogens with zero attached hydrogens (tertiary/aromatic N) is 1. The zero-order valence-electron chi connectivity index (χ0n) is 13.7. The predicted octanol–water partition coefficient (Wildman–Crippen LogP) is 3.92. The number of carbonyl (C=O) groups excluding carboxylic acids is 2. The van der Waals surface area contributed by atoms with E-state index in [1.807, 2.05) is 31.2 Å². The third kappa shape index (κ3) is 4.83. The van der Waals surface area contributed by atoms with Crippen LogP contribution in [0.3, 0.4) is 0 Å². The molecule has 122 valence electrons. The number of ether oxygens (including phenoxy) is 1. The van der Waals surface area contributed by atoms with Crippen molar-refractivity contribution in [2.75, 3.05) is 7.11 Å². The van der Waals surface area contributed by atoms with Crippen LogP contribution in [0.15, 0.2) is 28.7 Å². The molecule has 22 heavy (non-hydrogen) atoms. The quantitative estimate of drug-likeness (QED) is 0.684. The maximum absolute atomic E-state index is 12.5. The molecule has 0 aliphatic heterocycles. The summed E-state index contributed by atoms with van der Waals surface area (Å²) in [6.07, 6.45) is 2.19. The SMILES string of the molecule is CCCCC(=O)N(Cc1ccc(Br)cc1)C(C)(C)C(=O)OC. The minimum Gasteiger partial charge on any atom is -0.467 e. The van der Waals surface area contributed by atoms with E-state index in [4.69, 9.17) is 4.74 Å². The third-order valence-corrected chi connectivity index (χ3v) is 4.19. The van der Waals surface area contributed by atoms with Gasteiger partial charge in [-0.3, -0.25) is 4.79 Å². The molecular weight excluding hydrogens is 346 g/mol. The van der Waals surface area contributed by atoms with Crippen molar-refractivity contribution in [2.45, 2.75) is 52.1 Å². The molecule has 0 aliphatic carbocycles. The Kier molecular flexibility index (Phi) is 7.07. The standard InChI is InChI=1S/C17H24BrNO3/c1-5-6-7-15(20)19(17(2,3)16(21)22-4)12-13-8-10-14(18)11-9-13/h8-11H,5-7,12H2,1-4H3. The van der Waals surface area contributed by atoms with Gasteiger partial charge in [0.05, 0.1) is 7.11 Å². The average molecular weight is 370 g/mol. The number of hydrogen-bond donors (Lipinski definition) is 0. The van der Waals surface area contributed by atoms with Gasteiger partial charge in [-0.25, -0.2) is 4.79 Å². The Hall–Kier alpha value is -1.36. The fraction of sp³-hybridized carbons (Fsp3) is 0.529. The summed E-state index contributed by atoms with van der Waals surface area (Å²) in [7, 11) is 1.35. The van der Waals surface area contributed by atoms with Gasteiger partial charge in [-0.05, 0) is 38.0 Å². The molecule has 1 rings (SSSR count). The van der Waals surface area contributed by atoms with Gasteiger partial charge in [0.15, 0.2) is 0 Å². The van der Waals surface area contributed by atoms with Crippen molar-refractivity contribution >= 4 is 27.8 Å². The van der Waals surface area contributed by atoms with Crippen molar-refractivity contribution in [3.8, 4) is 0 Å². The lowest BCUT2D eigenvalue weighted by molar-refractivity contribution is -0.160. The lowest BCUT2D eigenvalue weighted by Crippen LogP contribution is -2.53. The van der Waals surface area contributed by atoms with Gasteiger partial charge >= 0.3 is 5.97 Å². The van der Waals surface area contributed by atoms with E-state index in [9.17, 15) is 9.59 Å². The average Bonchev–Trinajstić information content (AvgIpc) is 2.50. The van der Waals surface area contributed by atoms with E-state index in [2.05, 4.69) is 15.9 Å². The first kappa shape index (κ1) is 18.7. The summed E-state index contributed by atoms with van der Waals surface area (Å²) in [5, 5.41) is 0. The molecule has 0 aromatic heterocycles. The van der Waals surface area contributed by atoms with Crippen LogP contribution in [0.5, 0.6) is 0 Å². The van der Waals surface area contributed by atoms with Crippen LogP contribution < -0.4 is 0 Å². The van der Waals surface area contributed by atoms with E-state index < -0.39 is 11.5 Å².